The second-order valence-electron chi connectivity index (χ2n) is 7.65. The Morgan fingerprint density at radius 3 is 2.72 bits per heavy atom. The van der Waals surface area contributed by atoms with E-state index in [2.05, 4.69) is 12.2 Å². The third kappa shape index (κ3) is 5.66. The normalized spacial score (nSPS) is 19.8. The number of hydrogen-bond donors (Lipinski definition) is 1. The van der Waals surface area contributed by atoms with E-state index in [0.29, 0.717) is 24.8 Å². The van der Waals surface area contributed by atoms with Crippen molar-refractivity contribution in [1.82, 2.24) is 5.32 Å². The Hall–Kier alpha value is -2.68. The number of nitro groups is 1. The van der Waals surface area contributed by atoms with Crippen molar-refractivity contribution < 1.29 is 24.0 Å². The maximum absolute atomic E-state index is 12.3. The van der Waals surface area contributed by atoms with Crippen molar-refractivity contribution in [2.75, 3.05) is 37.7 Å². The summed E-state index contributed by atoms with van der Waals surface area (Å²) in [6.45, 7) is 4.30. The maximum atomic E-state index is 12.3. The summed E-state index contributed by atoms with van der Waals surface area (Å²) >= 11 is 0. The zero-order valence-corrected chi connectivity index (χ0v) is 16.6. The molecule has 1 N–H and O–H groups in total. The summed E-state index contributed by atoms with van der Waals surface area (Å²) in [4.78, 5) is 37.1. The summed E-state index contributed by atoms with van der Waals surface area (Å²) in [7, 11) is 0. The molecule has 2 fully saturated rings. The third-order valence-corrected chi connectivity index (χ3v) is 5.42. The molecule has 2 saturated heterocycles. The van der Waals surface area contributed by atoms with Crippen molar-refractivity contribution >= 4 is 23.3 Å². The van der Waals surface area contributed by atoms with E-state index < -0.39 is 23.4 Å². The van der Waals surface area contributed by atoms with Crippen LogP contribution in [0.4, 0.5) is 11.4 Å². The molecule has 1 aromatic carbocycles. The molecule has 3 rings (SSSR count). The molecule has 1 amide bonds. The molecular formula is C20H27N3O6. The summed E-state index contributed by atoms with van der Waals surface area (Å²) in [6, 6.07) is 4.31. The fourth-order valence-corrected chi connectivity index (χ4v) is 3.61. The average Bonchev–Trinajstić information content (AvgIpc) is 3.24. The van der Waals surface area contributed by atoms with E-state index in [0.717, 1.165) is 38.8 Å². The lowest BCUT2D eigenvalue weighted by Gasteiger charge is -2.31. The molecule has 158 valence electrons. The lowest BCUT2D eigenvalue weighted by atomic mass is 9.98. The highest BCUT2D eigenvalue weighted by molar-refractivity contribution is 5.93. The summed E-state index contributed by atoms with van der Waals surface area (Å²) in [5, 5.41) is 14.2. The van der Waals surface area contributed by atoms with Gasteiger partial charge in [0.25, 0.3) is 11.6 Å². The molecule has 9 heteroatoms. The largest absolute Gasteiger partial charge is 0.452 e. The van der Waals surface area contributed by atoms with Crippen molar-refractivity contribution in [3.63, 3.8) is 0 Å². The second kappa shape index (κ2) is 9.69. The monoisotopic (exact) mass is 405 g/mol. The number of rotatable bonds is 7. The van der Waals surface area contributed by atoms with Crippen LogP contribution in [0.25, 0.3) is 0 Å². The van der Waals surface area contributed by atoms with Crippen LogP contribution in [0.5, 0.6) is 0 Å². The summed E-state index contributed by atoms with van der Waals surface area (Å²) in [5.74, 6) is -0.590. The number of nitro benzene ring substituents is 1. The van der Waals surface area contributed by atoms with E-state index in [1.54, 1.807) is 6.07 Å². The topological polar surface area (TPSA) is 111 Å². The average molecular weight is 405 g/mol. The molecule has 1 atom stereocenters. The number of carbonyl (C=O) groups excluding carboxylic acids is 2. The van der Waals surface area contributed by atoms with Gasteiger partial charge < -0.3 is 19.7 Å². The van der Waals surface area contributed by atoms with Gasteiger partial charge in [0.2, 0.25) is 0 Å². The lowest BCUT2D eigenvalue weighted by molar-refractivity contribution is -0.384. The lowest BCUT2D eigenvalue weighted by Crippen LogP contribution is -2.34. The molecule has 0 unspecified atom stereocenters. The van der Waals surface area contributed by atoms with Gasteiger partial charge in [-0.25, -0.2) is 4.79 Å². The Balaban J connectivity index is 1.57. The van der Waals surface area contributed by atoms with Gasteiger partial charge in [-0.3, -0.25) is 14.9 Å². The van der Waals surface area contributed by atoms with E-state index in [1.807, 2.05) is 4.90 Å². The van der Waals surface area contributed by atoms with E-state index in [-0.39, 0.29) is 17.4 Å². The molecular weight excluding hydrogens is 378 g/mol. The van der Waals surface area contributed by atoms with E-state index in [1.165, 1.54) is 12.1 Å². The van der Waals surface area contributed by atoms with Crippen LogP contribution in [0.3, 0.4) is 0 Å². The molecule has 0 aromatic heterocycles. The van der Waals surface area contributed by atoms with Gasteiger partial charge in [0.15, 0.2) is 6.61 Å². The minimum Gasteiger partial charge on any atom is -0.452 e. The van der Waals surface area contributed by atoms with Crippen LogP contribution in [0.15, 0.2) is 18.2 Å². The SMILES string of the molecule is CC1CCN(c2ccc(C(=O)OCC(=O)NC[C@H]3CCCO3)cc2[N+](=O)[O-])CC1. The molecule has 0 radical (unpaired) electrons. The number of hydrogen-bond acceptors (Lipinski definition) is 7. The minimum atomic E-state index is -0.765. The standard InChI is InChI=1S/C20H27N3O6/c1-14-6-8-22(9-7-14)17-5-4-15(11-18(17)23(26)27)20(25)29-13-19(24)21-12-16-3-2-10-28-16/h4-5,11,14,16H,2-3,6-10,12-13H2,1H3,(H,21,24)/t16-/m1/s1. The number of carbonyl (C=O) groups is 2. The third-order valence-electron chi connectivity index (χ3n) is 5.42. The van der Waals surface area contributed by atoms with Gasteiger partial charge in [-0.05, 0) is 43.7 Å². The van der Waals surface area contributed by atoms with Gasteiger partial charge >= 0.3 is 5.97 Å². The first-order chi connectivity index (χ1) is 13.9. The molecule has 0 saturated carbocycles. The Kier molecular flexibility index (Phi) is 7.03. The second-order valence-corrected chi connectivity index (χ2v) is 7.65. The molecule has 2 heterocycles. The fourth-order valence-electron chi connectivity index (χ4n) is 3.61. The number of benzene rings is 1. The minimum absolute atomic E-state index is 0.00243. The van der Waals surface area contributed by atoms with Gasteiger partial charge in [-0.2, -0.15) is 0 Å². The molecule has 0 bridgehead atoms. The summed E-state index contributed by atoms with van der Waals surface area (Å²) < 4.78 is 10.4. The first kappa shape index (κ1) is 21.0. The van der Waals surface area contributed by atoms with E-state index in [4.69, 9.17) is 9.47 Å². The quantitative estimate of drug-likeness (QED) is 0.421. The Morgan fingerprint density at radius 1 is 1.31 bits per heavy atom. The summed E-state index contributed by atoms with van der Waals surface area (Å²) in [5.41, 5.74) is 0.433. The first-order valence-electron chi connectivity index (χ1n) is 10.0. The highest BCUT2D eigenvalue weighted by atomic mass is 16.6. The smallest absolute Gasteiger partial charge is 0.338 e. The number of piperidine rings is 1. The van der Waals surface area contributed by atoms with Crippen LogP contribution in [-0.2, 0) is 14.3 Å². The first-order valence-corrected chi connectivity index (χ1v) is 10.0. The maximum Gasteiger partial charge on any atom is 0.338 e. The zero-order chi connectivity index (χ0) is 20.8. The van der Waals surface area contributed by atoms with Gasteiger partial charge in [-0.15, -0.1) is 0 Å². The van der Waals surface area contributed by atoms with Gasteiger partial charge in [0.05, 0.1) is 16.6 Å². The molecule has 1 aromatic rings. The highest BCUT2D eigenvalue weighted by Crippen LogP contribution is 2.32. The predicted octanol–water partition coefficient (Wildman–Crippen LogP) is 2.28. The number of nitrogens with one attached hydrogen (secondary N) is 1. The molecule has 9 nitrogen and oxygen atoms in total. The van der Waals surface area contributed by atoms with Crippen LogP contribution >= 0.6 is 0 Å². The molecule has 2 aliphatic heterocycles. The molecule has 0 aliphatic carbocycles. The number of amides is 1. The Morgan fingerprint density at radius 2 is 2.07 bits per heavy atom. The molecule has 2 aliphatic rings. The predicted molar refractivity (Wildman–Crippen MR) is 106 cm³/mol. The van der Waals surface area contributed by atoms with Crippen LogP contribution in [-0.4, -0.2) is 55.8 Å². The molecule has 0 spiro atoms. The van der Waals surface area contributed by atoms with E-state index in [9.17, 15) is 19.7 Å². The van der Waals surface area contributed by atoms with Gasteiger partial charge in [-0.1, -0.05) is 6.92 Å². The molecule has 29 heavy (non-hydrogen) atoms. The van der Waals surface area contributed by atoms with Crippen molar-refractivity contribution in [1.29, 1.82) is 0 Å². The zero-order valence-electron chi connectivity index (χ0n) is 16.6. The summed E-state index contributed by atoms with van der Waals surface area (Å²) in [6.07, 6.45) is 3.82. The number of nitrogens with zero attached hydrogens (tertiary/aromatic N) is 2. The number of esters is 1. The number of ether oxygens (including phenoxy) is 2. The van der Waals surface area contributed by atoms with Crippen LogP contribution in [0.1, 0.15) is 43.0 Å². The highest BCUT2D eigenvalue weighted by Gasteiger charge is 2.25. The van der Waals surface area contributed by atoms with Gasteiger partial charge in [0.1, 0.15) is 5.69 Å². The van der Waals surface area contributed by atoms with Gasteiger partial charge in [0, 0.05) is 32.3 Å². The van der Waals surface area contributed by atoms with Crippen molar-refractivity contribution in [3.05, 3.63) is 33.9 Å². The van der Waals surface area contributed by atoms with Crippen molar-refractivity contribution in [3.8, 4) is 0 Å². The Bertz CT molecular complexity index is 755. The van der Waals surface area contributed by atoms with Crippen molar-refractivity contribution in [2.24, 2.45) is 5.92 Å². The number of anilines is 1. The van der Waals surface area contributed by atoms with E-state index >= 15 is 0 Å². The van der Waals surface area contributed by atoms with Crippen LogP contribution in [0, 0.1) is 16.0 Å². The fraction of sp³-hybridized carbons (Fsp3) is 0.600. The van der Waals surface area contributed by atoms with Crippen LogP contribution in [0.2, 0.25) is 0 Å². The van der Waals surface area contributed by atoms with Crippen LogP contribution < -0.4 is 10.2 Å². The van der Waals surface area contributed by atoms with Crippen molar-refractivity contribution in [2.45, 2.75) is 38.7 Å². The Labute approximate surface area is 169 Å².